The van der Waals surface area contributed by atoms with Gasteiger partial charge >= 0.3 is 5.63 Å². The molecule has 0 fully saturated rings. The molecule has 1 aliphatic rings. The van der Waals surface area contributed by atoms with Crippen LogP contribution in [0.5, 0.6) is 5.75 Å². The maximum atomic E-state index is 13.5. The Hall–Kier alpha value is -2.93. The fourth-order valence-electron chi connectivity index (χ4n) is 3.52. The predicted octanol–water partition coefficient (Wildman–Crippen LogP) is 3.50. The lowest BCUT2D eigenvalue weighted by atomic mass is 9.98. The third-order valence-corrected chi connectivity index (χ3v) is 7.47. The Bertz CT molecular complexity index is 1270. The zero-order chi connectivity index (χ0) is 20.3. The molecule has 0 saturated heterocycles. The molecule has 0 saturated carbocycles. The van der Waals surface area contributed by atoms with Gasteiger partial charge in [-0.2, -0.15) is 0 Å². The van der Waals surface area contributed by atoms with Crippen molar-refractivity contribution in [3.05, 3.63) is 70.1 Å². The molecule has 7 heteroatoms. The van der Waals surface area contributed by atoms with E-state index in [4.69, 9.17) is 9.15 Å². The first-order valence-electron chi connectivity index (χ1n) is 8.80. The molecule has 0 amide bonds. The van der Waals surface area contributed by atoms with Crippen LogP contribution >= 0.6 is 0 Å². The third-order valence-electron chi connectivity index (χ3n) is 5.03. The molecule has 144 valence electrons. The molecule has 1 atom stereocenters. The van der Waals surface area contributed by atoms with Gasteiger partial charge in [-0.25, -0.2) is 13.2 Å². The van der Waals surface area contributed by atoms with E-state index >= 15 is 0 Å². The number of aryl methyl sites for hydroxylation is 1. The molecular formula is C21H18O6S. The van der Waals surface area contributed by atoms with E-state index < -0.39 is 32.1 Å². The van der Waals surface area contributed by atoms with Crippen molar-refractivity contribution in [2.45, 2.75) is 30.6 Å². The molecule has 2 heterocycles. The number of hydrogen-bond donors (Lipinski definition) is 0. The maximum absolute atomic E-state index is 13.5. The summed E-state index contributed by atoms with van der Waals surface area (Å²) in [6.07, 6.45) is 0. The van der Waals surface area contributed by atoms with Crippen LogP contribution in [0.2, 0.25) is 0 Å². The SMILES string of the molecule is Cc1ccc(S(=O)(=O)C2(C(C)C)Oc3cc4oc(=O)ccc4cc3C2=O)cc1. The summed E-state index contributed by atoms with van der Waals surface area (Å²) in [6.45, 7) is 5.12. The molecule has 0 aliphatic carbocycles. The van der Waals surface area contributed by atoms with Crippen LogP contribution in [0.4, 0.5) is 0 Å². The molecule has 4 rings (SSSR count). The average Bonchev–Trinajstić information content (AvgIpc) is 2.94. The summed E-state index contributed by atoms with van der Waals surface area (Å²) in [4.78, 5) is 22.8. The number of fused-ring (bicyclic) bond motifs is 2. The number of ether oxygens (including phenoxy) is 1. The topological polar surface area (TPSA) is 90.7 Å². The first kappa shape index (κ1) is 18.4. The Kier molecular flexibility index (Phi) is 3.97. The molecule has 1 aliphatic heterocycles. The van der Waals surface area contributed by atoms with Gasteiger partial charge in [-0.3, -0.25) is 4.79 Å². The van der Waals surface area contributed by atoms with E-state index in [1.807, 2.05) is 6.92 Å². The molecule has 0 spiro atoms. The molecule has 6 nitrogen and oxygen atoms in total. The van der Waals surface area contributed by atoms with Crippen LogP contribution in [0, 0.1) is 12.8 Å². The van der Waals surface area contributed by atoms with Crippen LogP contribution in [0.1, 0.15) is 29.8 Å². The van der Waals surface area contributed by atoms with Crippen molar-refractivity contribution in [2.24, 2.45) is 5.92 Å². The van der Waals surface area contributed by atoms with Gasteiger partial charge in [0, 0.05) is 23.4 Å². The van der Waals surface area contributed by atoms with Crippen LogP contribution in [-0.4, -0.2) is 19.1 Å². The lowest BCUT2D eigenvalue weighted by Crippen LogP contribution is -2.52. The highest BCUT2D eigenvalue weighted by atomic mass is 32.2. The van der Waals surface area contributed by atoms with Gasteiger partial charge in [-0.05, 0) is 31.2 Å². The number of sulfone groups is 1. The highest BCUT2D eigenvalue weighted by Gasteiger charge is 2.60. The van der Waals surface area contributed by atoms with E-state index in [9.17, 15) is 18.0 Å². The van der Waals surface area contributed by atoms with Gasteiger partial charge in [-0.1, -0.05) is 31.5 Å². The summed E-state index contributed by atoms with van der Waals surface area (Å²) in [6, 6.07) is 12.0. The molecule has 28 heavy (non-hydrogen) atoms. The highest BCUT2D eigenvalue weighted by Crippen LogP contribution is 2.46. The van der Waals surface area contributed by atoms with E-state index in [1.165, 1.54) is 36.4 Å². The molecule has 3 aromatic rings. The number of Topliss-reactive ketones (excluding diaryl/α,β-unsaturated/α-hetero) is 1. The maximum Gasteiger partial charge on any atom is 0.336 e. The molecule has 2 aromatic carbocycles. The van der Waals surface area contributed by atoms with Crippen LogP contribution in [0.15, 0.2) is 62.6 Å². The highest BCUT2D eigenvalue weighted by molar-refractivity contribution is 7.93. The summed E-state index contributed by atoms with van der Waals surface area (Å²) in [5.41, 5.74) is 0.747. The lowest BCUT2D eigenvalue weighted by Gasteiger charge is -2.30. The minimum atomic E-state index is -4.17. The summed E-state index contributed by atoms with van der Waals surface area (Å²) in [7, 11) is -4.17. The number of carbonyl (C=O) groups excluding carboxylic acids is 1. The Morgan fingerprint density at radius 1 is 0.964 bits per heavy atom. The smallest absolute Gasteiger partial charge is 0.336 e. The minimum absolute atomic E-state index is 0.0176. The lowest BCUT2D eigenvalue weighted by molar-refractivity contribution is 0.0679. The largest absolute Gasteiger partial charge is 0.462 e. The van der Waals surface area contributed by atoms with Crippen molar-refractivity contribution in [1.82, 2.24) is 0 Å². The van der Waals surface area contributed by atoms with Gasteiger partial charge < -0.3 is 9.15 Å². The van der Waals surface area contributed by atoms with Gasteiger partial charge in [0.15, 0.2) is 0 Å². The standard InChI is InChI=1S/C21H18O6S/c1-12(2)21(28(24,25)15-7-4-13(3)5-8-15)20(23)16-10-14-6-9-19(22)26-17(14)11-18(16)27-21/h4-12H,1-3H3. The summed E-state index contributed by atoms with van der Waals surface area (Å²) in [5.74, 6) is -1.18. The molecule has 0 N–H and O–H groups in total. The second-order valence-electron chi connectivity index (χ2n) is 7.21. The van der Waals surface area contributed by atoms with Crippen molar-refractivity contribution in [3.8, 4) is 5.75 Å². The van der Waals surface area contributed by atoms with Crippen LogP contribution in [0.25, 0.3) is 11.0 Å². The van der Waals surface area contributed by atoms with Gasteiger partial charge in [-0.15, -0.1) is 0 Å². The first-order chi connectivity index (χ1) is 13.2. The van der Waals surface area contributed by atoms with Gasteiger partial charge in [0.1, 0.15) is 11.3 Å². The second-order valence-corrected chi connectivity index (χ2v) is 9.30. The van der Waals surface area contributed by atoms with Crippen molar-refractivity contribution in [3.63, 3.8) is 0 Å². The Morgan fingerprint density at radius 2 is 1.64 bits per heavy atom. The van der Waals surface area contributed by atoms with Gasteiger partial charge in [0.2, 0.25) is 15.6 Å². The summed E-state index contributed by atoms with van der Waals surface area (Å²) in [5, 5.41) is 0.516. The zero-order valence-corrected chi connectivity index (χ0v) is 16.4. The normalized spacial score (nSPS) is 19.1. The van der Waals surface area contributed by atoms with Crippen molar-refractivity contribution < 1.29 is 22.4 Å². The fraction of sp³-hybridized carbons (Fsp3) is 0.238. The van der Waals surface area contributed by atoms with Crippen LogP contribution in [-0.2, 0) is 9.84 Å². The van der Waals surface area contributed by atoms with Crippen molar-refractivity contribution in [1.29, 1.82) is 0 Å². The number of carbonyl (C=O) groups is 1. The summed E-state index contributed by atoms with van der Waals surface area (Å²) < 4.78 is 38.0. The number of rotatable bonds is 3. The fourth-order valence-corrected chi connectivity index (χ4v) is 5.53. The van der Waals surface area contributed by atoms with Crippen LogP contribution in [0.3, 0.4) is 0 Å². The van der Waals surface area contributed by atoms with Gasteiger partial charge in [0.25, 0.3) is 4.93 Å². The molecular weight excluding hydrogens is 380 g/mol. The minimum Gasteiger partial charge on any atom is -0.462 e. The monoisotopic (exact) mass is 398 g/mol. The zero-order valence-electron chi connectivity index (χ0n) is 15.6. The number of benzene rings is 2. The Balaban J connectivity index is 1.94. The predicted molar refractivity (Wildman–Crippen MR) is 103 cm³/mol. The Labute approximate surface area is 161 Å². The van der Waals surface area contributed by atoms with E-state index in [2.05, 4.69) is 0 Å². The molecule has 1 aromatic heterocycles. The van der Waals surface area contributed by atoms with Gasteiger partial charge in [0.05, 0.1) is 10.5 Å². The van der Waals surface area contributed by atoms with E-state index in [-0.39, 0.29) is 21.8 Å². The second kappa shape index (κ2) is 6.04. The quantitative estimate of drug-likeness (QED) is 0.627. The van der Waals surface area contributed by atoms with Crippen molar-refractivity contribution in [2.75, 3.05) is 0 Å². The third kappa shape index (κ3) is 2.43. The number of hydrogen-bond acceptors (Lipinski definition) is 6. The first-order valence-corrected chi connectivity index (χ1v) is 10.3. The van der Waals surface area contributed by atoms with E-state index in [0.717, 1.165) is 5.56 Å². The van der Waals surface area contributed by atoms with E-state index in [1.54, 1.807) is 26.0 Å². The summed E-state index contributed by atoms with van der Waals surface area (Å²) >= 11 is 0. The molecule has 0 bridgehead atoms. The van der Waals surface area contributed by atoms with Crippen LogP contribution < -0.4 is 10.4 Å². The van der Waals surface area contributed by atoms with E-state index in [0.29, 0.717) is 5.39 Å². The Morgan fingerprint density at radius 3 is 2.29 bits per heavy atom. The average molecular weight is 398 g/mol. The van der Waals surface area contributed by atoms with Crippen molar-refractivity contribution >= 4 is 26.6 Å². The number of ketones is 1. The molecule has 0 radical (unpaired) electrons. The molecule has 1 unspecified atom stereocenters.